The van der Waals surface area contributed by atoms with Crippen LogP contribution in [0, 0.1) is 0 Å². The molecule has 8 nitrogen and oxygen atoms in total. The van der Waals surface area contributed by atoms with Gasteiger partial charge in [-0.1, -0.05) is 6.42 Å². The highest BCUT2D eigenvalue weighted by Crippen LogP contribution is 2.19. The van der Waals surface area contributed by atoms with E-state index in [0.717, 1.165) is 28.0 Å². The van der Waals surface area contributed by atoms with Gasteiger partial charge in [0.15, 0.2) is 0 Å². The summed E-state index contributed by atoms with van der Waals surface area (Å²) in [6.07, 6.45) is 6.13. The molecule has 0 radical (unpaired) electrons. The molecule has 166 valence electrons. The molecule has 0 aliphatic heterocycles. The predicted octanol–water partition coefficient (Wildman–Crippen LogP) is 2.20. The number of benzene rings is 1. The molecule has 8 heteroatoms. The van der Waals surface area contributed by atoms with Gasteiger partial charge in [0.25, 0.3) is 5.56 Å². The topological polar surface area (TPSA) is 90.1 Å². The molecule has 0 saturated heterocycles. The minimum Gasteiger partial charge on any atom is -0.497 e. The normalized spacial score (nSPS) is 16.5. The maximum absolute atomic E-state index is 12.9. The van der Waals surface area contributed by atoms with Gasteiger partial charge in [0.2, 0.25) is 5.82 Å². The van der Waals surface area contributed by atoms with Crippen LogP contribution in [0.4, 0.5) is 0 Å². The lowest BCUT2D eigenvalue weighted by Gasteiger charge is -2.31. The standard InChI is InChI=1S/C23H32N6O2/c1-23(2,3)29-21(25-26-27-29)15-28(18-8-6-5-7-9-18)14-17-12-16-10-11-19(31-4)13-20(16)24-22(17)30/h10-13,18H,5-9,14-15H2,1-4H3,(H,24,30)/p+1. The fraction of sp³-hybridized carbons (Fsp3) is 0.565. The molecule has 2 heterocycles. The zero-order chi connectivity index (χ0) is 22.0. The number of pyridine rings is 1. The largest absolute Gasteiger partial charge is 0.497 e. The Labute approximate surface area is 182 Å². The van der Waals surface area contributed by atoms with Crippen molar-refractivity contribution < 1.29 is 9.64 Å². The molecule has 1 aliphatic carbocycles. The predicted molar refractivity (Wildman–Crippen MR) is 119 cm³/mol. The van der Waals surface area contributed by atoms with Gasteiger partial charge in [-0.2, -0.15) is 0 Å². The van der Waals surface area contributed by atoms with Gasteiger partial charge >= 0.3 is 0 Å². The number of H-pyrrole nitrogens is 1. The van der Waals surface area contributed by atoms with Crippen molar-refractivity contribution in [2.24, 2.45) is 0 Å². The maximum atomic E-state index is 12.9. The van der Waals surface area contributed by atoms with E-state index in [1.165, 1.54) is 37.0 Å². The van der Waals surface area contributed by atoms with Crippen molar-refractivity contribution in [1.82, 2.24) is 25.2 Å². The molecule has 3 aromatic rings. The minimum atomic E-state index is -0.185. The van der Waals surface area contributed by atoms with Gasteiger partial charge in [0, 0.05) is 6.07 Å². The molecule has 0 bridgehead atoms. The second kappa shape index (κ2) is 8.78. The van der Waals surface area contributed by atoms with Crippen molar-refractivity contribution in [1.29, 1.82) is 0 Å². The number of rotatable bonds is 6. The van der Waals surface area contributed by atoms with Crippen LogP contribution in [0.2, 0.25) is 0 Å². The van der Waals surface area contributed by atoms with Crippen molar-refractivity contribution >= 4 is 10.9 Å². The minimum absolute atomic E-state index is 0.0375. The lowest BCUT2D eigenvalue weighted by molar-refractivity contribution is -0.954. The molecule has 2 aromatic heterocycles. The molecule has 1 atom stereocenters. The van der Waals surface area contributed by atoms with Crippen LogP contribution >= 0.6 is 0 Å². The molecular formula is C23H33N6O2+. The number of aromatic nitrogens is 5. The van der Waals surface area contributed by atoms with E-state index in [1.807, 2.05) is 28.9 Å². The highest BCUT2D eigenvalue weighted by atomic mass is 16.5. The van der Waals surface area contributed by atoms with Crippen LogP contribution in [-0.4, -0.2) is 38.3 Å². The Morgan fingerprint density at radius 3 is 2.65 bits per heavy atom. The Kier molecular flexibility index (Phi) is 6.09. The van der Waals surface area contributed by atoms with Crippen LogP contribution in [0.5, 0.6) is 5.75 Å². The van der Waals surface area contributed by atoms with Crippen LogP contribution in [0.1, 0.15) is 64.3 Å². The lowest BCUT2D eigenvalue weighted by atomic mass is 9.93. The summed E-state index contributed by atoms with van der Waals surface area (Å²) in [6, 6.07) is 8.30. The van der Waals surface area contributed by atoms with Gasteiger partial charge in [0.1, 0.15) is 18.8 Å². The first kappa shape index (κ1) is 21.5. The van der Waals surface area contributed by atoms with E-state index < -0.39 is 0 Å². The zero-order valence-corrected chi connectivity index (χ0v) is 18.9. The van der Waals surface area contributed by atoms with E-state index in [4.69, 9.17) is 4.74 Å². The second-order valence-electron chi connectivity index (χ2n) is 9.60. The van der Waals surface area contributed by atoms with Crippen molar-refractivity contribution in [3.63, 3.8) is 0 Å². The summed E-state index contributed by atoms with van der Waals surface area (Å²) in [7, 11) is 1.63. The number of methoxy groups -OCH3 is 1. The van der Waals surface area contributed by atoms with Crippen LogP contribution in [0.3, 0.4) is 0 Å². The van der Waals surface area contributed by atoms with Crippen LogP contribution in [0.15, 0.2) is 29.1 Å². The molecule has 0 amide bonds. The molecule has 4 rings (SSSR count). The number of quaternary nitrogens is 1. The Hall–Kier alpha value is -2.74. The third kappa shape index (κ3) is 4.79. The van der Waals surface area contributed by atoms with Gasteiger partial charge in [-0.3, -0.25) is 4.79 Å². The first-order valence-corrected chi connectivity index (χ1v) is 11.2. The number of nitrogens with zero attached hydrogens (tertiary/aromatic N) is 4. The summed E-state index contributed by atoms with van der Waals surface area (Å²) in [4.78, 5) is 17.3. The molecule has 2 N–H and O–H groups in total. The third-order valence-corrected chi connectivity index (χ3v) is 6.28. The molecule has 1 saturated carbocycles. The van der Waals surface area contributed by atoms with Crippen LogP contribution < -0.4 is 15.2 Å². The fourth-order valence-electron chi connectivity index (χ4n) is 4.63. The van der Waals surface area contributed by atoms with Gasteiger partial charge in [-0.05, 0) is 80.5 Å². The zero-order valence-electron chi connectivity index (χ0n) is 18.9. The van der Waals surface area contributed by atoms with Crippen molar-refractivity contribution in [2.45, 2.75) is 77.5 Å². The Morgan fingerprint density at radius 1 is 1.16 bits per heavy atom. The summed E-state index contributed by atoms with van der Waals surface area (Å²) >= 11 is 0. The van der Waals surface area contributed by atoms with Crippen molar-refractivity contribution in [3.8, 4) is 5.75 Å². The van der Waals surface area contributed by atoms with Crippen molar-refractivity contribution in [3.05, 3.63) is 46.0 Å². The molecular weight excluding hydrogens is 392 g/mol. The van der Waals surface area contributed by atoms with E-state index >= 15 is 0 Å². The average molecular weight is 426 g/mol. The van der Waals surface area contributed by atoms with Crippen LogP contribution in [0.25, 0.3) is 10.9 Å². The van der Waals surface area contributed by atoms with Gasteiger partial charge in [-0.15, -0.1) is 5.10 Å². The molecule has 0 spiro atoms. The van der Waals surface area contributed by atoms with E-state index in [0.29, 0.717) is 19.1 Å². The highest BCUT2D eigenvalue weighted by Gasteiger charge is 2.29. The number of aromatic amines is 1. The van der Waals surface area contributed by atoms with Gasteiger partial charge < -0.3 is 14.6 Å². The first-order valence-electron chi connectivity index (χ1n) is 11.2. The number of nitrogens with one attached hydrogen (secondary N) is 2. The summed E-state index contributed by atoms with van der Waals surface area (Å²) in [5.74, 6) is 1.61. The Morgan fingerprint density at radius 2 is 1.94 bits per heavy atom. The average Bonchev–Trinajstić information content (AvgIpc) is 3.23. The summed E-state index contributed by atoms with van der Waals surface area (Å²) in [5, 5.41) is 13.5. The van der Waals surface area contributed by atoms with E-state index in [2.05, 4.69) is 41.3 Å². The Balaban J connectivity index is 1.66. The Bertz CT molecular complexity index is 1090. The number of ether oxygens (including phenoxy) is 1. The van der Waals surface area contributed by atoms with E-state index in [1.54, 1.807) is 7.11 Å². The molecule has 1 fully saturated rings. The first-order chi connectivity index (χ1) is 14.8. The number of hydrogen-bond acceptors (Lipinski definition) is 5. The molecule has 1 aromatic carbocycles. The van der Waals surface area contributed by atoms with E-state index in [9.17, 15) is 4.79 Å². The van der Waals surface area contributed by atoms with Crippen LogP contribution in [-0.2, 0) is 18.6 Å². The summed E-state index contributed by atoms with van der Waals surface area (Å²) in [6.45, 7) is 7.67. The molecule has 1 unspecified atom stereocenters. The number of fused-ring (bicyclic) bond motifs is 1. The van der Waals surface area contributed by atoms with Crippen molar-refractivity contribution in [2.75, 3.05) is 7.11 Å². The SMILES string of the molecule is COc1ccc2cc(C[NH+](Cc3nnnn3C(C)(C)C)C3CCCCC3)c(=O)[nH]c2c1. The quantitative estimate of drug-likeness (QED) is 0.632. The number of tetrazole rings is 1. The van der Waals surface area contributed by atoms with Gasteiger partial charge in [0.05, 0.1) is 29.8 Å². The maximum Gasteiger partial charge on any atom is 0.257 e. The van der Waals surface area contributed by atoms with E-state index in [-0.39, 0.29) is 11.1 Å². The monoisotopic (exact) mass is 425 g/mol. The fourth-order valence-corrected chi connectivity index (χ4v) is 4.63. The second-order valence-corrected chi connectivity index (χ2v) is 9.60. The smallest absolute Gasteiger partial charge is 0.257 e. The summed E-state index contributed by atoms with van der Waals surface area (Å²) in [5.41, 5.74) is 1.37. The highest BCUT2D eigenvalue weighted by molar-refractivity contribution is 5.80. The molecule has 1 aliphatic rings. The lowest BCUT2D eigenvalue weighted by Crippen LogP contribution is -3.13. The third-order valence-electron chi connectivity index (χ3n) is 6.28. The molecule has 31 heavy (non-hydrogen) atoms. The summed E-state index contributed by atoms with van der Waals surface area (Å²) < 4.78 is 7.20. The van der Waals surface area contributed by atoms with Gasteiger partial charge in [-0.25, -0.2) is 4.68 Å². The number of hydrogen-bond donors (Lipinski definition) is 2.